The van der Waals surface area contributed by atoms with Crippen molar-refractivity contribution in [1.82, 2.24) is 14.7 Å². The van der Waals surface area contributed by atoms with Crippen molar-refractivity contribution in [2.75, 3.05) is 42.3 Å². The Hall–Kier alpha value is -1.39. The fraction of sp³-hybridized carbons (Fsp3) is 0.562. The maximum absolute atomic E-state index is 12.0. The Morgan fingerprint density at radius 1 is 1.10 bits per heavy atom. The largest absolute Gasteiger partial charge is 0.347 e. The van der Waals surface area contributed by atoms with Crippen LogP contribution >= 0.6 is 0 Å². The molecule has 1 aliphatic rings. The van der Waals surface area contributed by atoms with E-state index in [9.17, 15) is 4.79 Å². The van der Waals surface area contributed by atoms with E-state index in [0.29, 0.717) is 0 Å². The van der Waals surface area contributed by atoms with Crippen LogP contribution in [0, 0.1) is 0 Å². The van der Waals surface area contributed by atoms with Gasteiger partial charge in [0.05, 0.1) is 6.04 Å². The number of rotatable bonds is 1. The second-order valence-corrected chi connectivity index (χ2v) is 5.98. The van der Waals surface area contributed by atoms with Crippen LogP contribution in [0.3, 0.4) is 0 Å². The van der Waals surface area contributed by atoms with E-state index in [2.05, 4.69) is 23.1 Å². The van der Waals surface area contributed by atoms with Crippen LogP contribution in [-0.4, -0.2) is 68.9 Å². The lowest BCUT2D eigenvalue weighted by molar-refractivity contribution is -0.134. The van der Waals surface area contributed by atoms with Crippen molar-refractivity contribution in [1.29, 1.82) is 0 Å². The van der Waals surface area contributed by atoms with Gasteiger partial charge >= 0.3 is 0 Å². The van der Waals surface area contributed by atoms with Crippen molar-refractivity contribution in [2.24, 2.45) is 0 Å². The molecule has 2 rings (SSSR count). The summed E-state index contributed by atoms with van der Waals surface area (Å²) >= 11 is 0. The first kappa shape index (κ1) is 16.7. The van der Waals surface area contributed by atoms with Gasteiger partial charge in [0.2, 0.25) is 5.91 Å². The van der Waals surface area contributed by atoms with Crippen LogP contribution in [0.2, 0.25) is 0 Å². The fourth-order valence-corrected chi connectivity index (χ4v) is 2.23. The van der Waals surface area contributed by atoms with E-state index in [1.807, 2.05) is 53.3 Å². The normalized spacial score (nSPS) is 18.1. The van der Waals surface area contributed by atoms with Gasteiger partial charge in [-0.3, -0.25) is 9.69 Å². The average molecular weight is 277 g/mol. The van der Waals surface area contributed by atoms with E-state index >= 15 is 0 Å². The summed E-state index contributed by atoms with van der Waals surface area (Å²) in [5, 5.41) is 0. The molecule has 0 fully saturated rings. The average Bonchev–Trinajstić information content (AvgIpc) is 2.36. The van der Waals surface area contributed by atoms with Crippen LogP contribution in [0.4, 0.5) is 0 Å². The van der Waals surface area contributed by atoms with E-state index in [0.717, 1.165) is 13.0 Å². The van der Waals surface area contributed by atoms with E-state index in [4.69, 9.17) is 0 Å². The molecule has 1 atom stereocenters. The number of carbonyl (C=O) groups excluding carboxylic acids is 1. The Kier molecular flexibility index (Phi) is 6.17. The van der Waals surface area contributed by atoms with Crippen molar-refractivity contribution >= 4 is 5.91 Å². The number of carbonyl (C=O) groups is 1. The first-order valence-electron chi connectivity index (χ1n) is 6.92. The predicted molar refractivity (Wildman–Crippen MR) is 83.7 cm³/mol. The summed E-state index contributed by atoms with van der Waals surface area (Å²) < 4.78 is 0. The number of fused-ring (bicyclic) bond motifs is 1. The molecule has 1 heterocycles. The van der Waals surface area contributed by atoms with Gasteiger partial charge in [-0.15, -0.1) is 0 Å². The lowest BCUT2D eigenvalue weighted by Gasteiger charge is -2.34. The molecule has 1 aromatic carbocycles. The standard InChI is InChI=1S/C13H18N2O.C3H9N/c1-14(2)13(16)12-8-10-6-4-5-7-11(10)9-15(12)3;1-4(2)3/h4-7,12H,8-9H2,1-3H3;1-3H3. The van der Waals surface area contributed by atoms with Gasteiger partial charge in [-0.25, -0.2) is 0 Å². The number of hydrogen-bond donors (Lipinski definition) is 0. The lowest BCUT2D eigenvalue weighted by atomic mass is 9.94. The molecule has 1 aliphatic heterocycles. The number of likely N-dealkylation sites (N-methyl/N-ethyl adjacent to an activating group) is 2. The summed E-state index contributed by atoms with van der Waals surface area (Å²) in [4.78, 5) is 17.8. The minimum Gasteiger partial charge on any atom is -0.347 e. The van der Waals surface area contributed by atoms with Gasteiger partial charge in [0.15, 0.2) is 0 Å². The van der Waals surface area contributed by atoms with Gasteiger partial charge in [0.1, 0.15) is 0 Å². The summed E-state index contributed by atoms with van der Waals surface area (Å²) in [5.41, 5.74) is 2.65. The summed E-state index contributed by atoms with van der Waals surface area (Å²) in [6.45, 7) is 0.862. The monoisotopic (exact) mass is 277 g/mol. The molecule has 0 aromatic heterocycles. The van der Waals surface area contributed by atoms with Crippen molar-refractivity contribution in [3.8, 4) is 0 Å². The van der Waals surface area contributed by atoms with Gasteiger partial charge in [-0.05, 0) is 45.7 Å². The highest BCUT2D eigenvalue weighted by Crippen LogP contribution is 2.22. The molecule has 1 amide bonds. The fourth-order valence-electron chi connectivity index (χ4n) is 2.23. The zero-order chi connectivity index (χ0) is 15.3. The summed E-state index contributed by atoms with van der Waals surface area (Å²) in [6.07, 6.45) is 0.823. The molecule has 4 nitrogen and oxygen atoms in total. The Balaban J connectivity index is 0.000000444. The molecule has 0 N–H and O–H groups in total. The third kappa shape index (κ3) is 4.62. The molecule has 1 unspecified atom stereocenters. The number of amides is 1. The minimum absolute atomic E-state index is 0.00935. The Bertz CT molecular complexity index is 440. The van der Waals surface area contributed by atoms with E-state index in [-0.39, 0.29) is 11.9 Å². The zero-order valence-electron chi connectivity index (χ0n) is 13.6. The molecular weight excluding hydrogens is 250 g/mol. The molecule has 112 valence electrons. The van der Waals surface area contributed by atoms with E-state index in [1.165, 1.54) is 11.1 Å². The minimum atomic E-state index is -0.00935. The number of nitrogens with zero attached hydrogens (tertiary/aromatic N) is 3. The van der Waals surface area contributed by atoms with E-state index < -0.39 is 0 Å². The Labute approximate surface area is 123 Å². The first-order valence-corrected chi connectivity index (χ1v) is 6.92. The maximum Gasteiger partial charge on any atom is 0.239 e. The van der Waals surface area contributed by atoms with Gasteiger partial charge in [-0.2, -0.15) is 0 Å². The van der Waals surface area contributed by atoms with Crippen molar-refractivity contribution in [3.63, 3.8) is 0 Å². The zero-order valence-corrected chi connectivity index (χ0v) is 13.6. The summed E-state index contributed by atoms with van der Waals surface area (Å²) in [5.74, 6) is 0.192. The van der Waals surface area contributed by atoms with Crippen LogP contribution in [-0.2, 0) is 17.8 Å². The SMILES string of the molecule is CN(C)C.CN(C)C(=O)C1Cc2ccccc2CN1C. The molecule has 0 spiro atoms. The highest BCUT2D eigenvalue weighted by atomic mass is 16.2. The molecule has 0 bridgehead atoms. The lowest BCUT2D eigenvalue weighted by Crippen LogP contribution is -2.48. The van der Waals surface area contributed by atoms with E-state index in [1.54, 1.807) is 4.90 Å². The van der Waals surface area contributed by atoms with Crippen LogP contribution in [0.15, 0.2) is 24.3 Å². The second-order valence-electron chi connectivity index (χ2n) is 5.98. The Morgan fingerprint density at radius 3 is 2.10 bits per heavy atom. The number of hydrogen-bond acceptors (Lipinski definition) is 3. The van der Waals surface area contributed by atoms with Gasteiger partial charge < -0.3 is 9.80 Å². The van der Waals surface area contributed by atoms with Crippen LogP contribution < -0.4 is 0 Å². The van der Waals surface area contributed by atoms with Gasteiger partial charge in [0, 0.05) is 20.6 Å². The summed E-state index contributed by atoms with van der Waals surface area (Å²) in [7, 11) is 11.6. The molecular formula is C16H27N3O. The summed E-state index contributed by atoms with van der Waals surface area (Å²) in [6, 6.07) is 8.35. The highest BCUT2D eigenvalue weighted by molar-refractivity contribution is 5.82. The van der Waals surface area contributed by atoms with Gasteiger partial charge in [0.25, 0.3) is 0 Å². The molecule has 0 radical (unpaired) electrons. The smallest absolute Gasteiger partial charge is 0.239 e. The van der Waals surface area contributed by atoms with Crippen LogP contribution in [0.25, 0.3) is 0 Å². The molecule has 4 heteroatoms. The third-order valence-corrected chi connectivity index (χ3v) is 3.21. The second kappa shape index (κ2) is 7.41. The van der Waals surface area contributed by atoms with Crippen molar-refractivity contribution < 1.29 is 4.79 Å². The van der Waals surface area contributed by atoms with Crippen LogP contribution in [0.5, 0.6) is 0 Å². The quantitative estimate of drug-likeness (QED) is 0.774. The topological polar surface area (TPSA) is 26.8 Å². The predicted octanol–water partition coefficient (Wildman–Crippen LogP) is 1.31. The highest BCUT2D eigenvalue weighted by Gasteiger charge is 2.29. The first-order chi connectivity index (χ1) is 9.32. The molecule has 0 aliphatic carbocycles. The molecule has 0 saturated carbocycles. The maximum atomic E-state index is 12.0. The third-order valence-electron chi connectivity index (χ3n) is 3.21. The molecule has 1 aromatic rings. The van der Waals surface area contributed by atoms with Crippen molar-refractivity contribution in [2.45, 2.75) is 19.0 Å². The Morgan fingerprint density at radius 2 is 1.60 bits per heavy atom. The van der Waals surface area contributed by atoms with Crippen molar-refractivity contribution in [3.05, 3.63) is 35.4 Å². The molecule has 0 saturated heterocycles. The molecule has 20 heavy (non-hydrogen) atoms. The number of benzene rings is 1. The van der Waals surface area contributed by atoms with Crippen LogP contribution in [0.1, 0.15) is 11.1 Å². The van der Waals surface area contributed by atoms with Gasteiger partial charge in [-0.1, -0.05) is 24.3 Å².